The van der Waals surface area contributed by atoms with Crippen LogP contribution < -0.4 is 15.8 Å². The van der Waals surface area contributed by atoms with Crippen LogP contribution in [0.3, 0.4) is 0 Å². The van der Waals surface area contributed by atoms with Crippen molar-refractivity contribution in [3.8, 4) is 5.75 Å². The predicted molar refractivity (Wildman–Crippen MR) is 87.7 cm³/mol. The second-order valence-electron chi connectivity index (χ2n) is 5.03. The minimum absolute atomic E-state index is 0.368. The fraction of sp³-hybridized carbons (Fsp3) is 0.235. The summed E-state index contributed by atoms with van der Waals surface area (Å²) in [5, 5.41) is 3.75. The van der Waals surface area contributed by atoms with Crippen molar-refractivity contribution in [1.29, 1.82) is 0 Å². The Morgan fingerprint density at radius 2 is 2.05 bits per heavy atom. The summed E-state index contributed by atoms with van der Waals surface area (Å²) in [5.41, 5.74) is 7.18. The van der Waals surface area contributed by atoms with Crippen molar-refractivity contribution in [1.82, 2.24) is 5.32 Å². The molecule has 0 aliphatic carbocycles. The van der Waals surface area contributed by atoms with Gasteiger partial charge in [-0.05, 0) is 30.7 Å². The highest BCUT2D eigenvalue weighted by atomic mass is 35.5. The summed E-state index contributed by atoms with van der Waals surface area (Å²) in [7, 11) is 0. The molecule has 1 unspecified atom stereocenters. The molecular formula is C17H19ClN2O2. The van der Waals surface area contributed by atoms with E-state index < -0.39 is 0 Å². The molecule has 1 amide bonds. The van der Waals surface area contributed by atoms with Gasteiger partial charge in [0, 0.05) is 17.1 Å². The lowest BCUT2D eigenvalue weighted by Crippen LogP contribution is -2.38. The Kier molecular flexibility index (Phi) is 5.81. The molecule has 4 nitrogen and oxygen atoms in total. The quantitative estimate of drug-likeness (QED) is 0.825. The lowest BCUT2D eigenvalue weighted by molar-refractivity contribution is -0.119. The molecule has 0 saturated heterocycles. The van der Waals surface area contributed by atoms with E-state index in [9.17, 15) is 4.79 Å². The van der Waals surface area contributed by atoms with Gasteiger partial charge in [-0.1, -0.05) is 41.9 Å². The van der Waals surface area contributed by atoms with Gasteiger partial charge in [0.2, 0.25) is 5.91 Å². The van der Waals surface area contributed by atoms with E-state index in [-0.39, 0.29) is 11.9 Å². The van der Waals surface area contributed by atoms with Crippen molar-refractivity contribution in [2.45, 2.75) is 26.1 Å². The zero-order chi connectivity index (χ0) is 15.9. The van der Waals surface area contributed by atoms with E-state index >= 15 is 0 Å². The van der Waals surface area contributed by atoms with E-state index in [2.05, 4.69) is 5.32 Å². The number of amides is 1. The number of hydrogen-bond acceptors (Lipinski definition) is 3. The predicted octanol–water partition coefficient (Wildman–Crippen LogP) is 2.88. The van der Waals surface area contributed by atoms with Crippen molar-refractivity contribution in [2.24, 2.45) is 5.73 Å². The standard InChI is InChI=1S/C17H19ClN2O2/c1-12(17(19)21)20-10-13-5-4-7-15(9-13)22-11-14-6-2-3-8-16(14)18/h2-9,12,20H,10-11H2,1H3,(H2,19,21). The SMILES string of the molecule is CC(NCc1cccc(OCc2ccccc2Cl)c1)C(N)=O. The van der Waals surface area contributed by atoms with Crippen LogP contribution >= 0.6 is 11.6 Å². The van der Waals surface area contributed by atoms with Crippen LogP contribution in [0.2, 0.25) is 5.02 Å². The largest absolute Gasteiger partial charge is 0.489 e. The Balaban J connectivity index is 1.94. The molecule has 116 valence electrons. The van der Waals surface area contributed by atoms with Crippen LogP contribution in [0.4, 0.5) is 0 Å². The second-order valence-corrected chi connectivity index (χ2v) is 5.44. The van der Waals surface area contributed by atoms with Gasteiger partial charge in [-0.15, -0.1) is 0 Å². The molecule has 22 heavy (non-hydrogen) atoms. The molecule has 2 aromatic rings. The first-order valence-corrected chi connectivity index (χ1v) is 7.42. The normalized spacial score (nSPS) is 11.9. The molecular weight excluding hydrogens is 300 g/mol. The van der Waals surface area contributed by atoms with Crippen LogP contribution in [0.25, 0.3) is 0 Å². The maximum Gasteiger partial charge on any atom is 0.234 e. The Hall–Kier alpha value is -2.04. The van der Waals surface area contributed by atoms with Gasteiger partial charge < -0.3 is 15.8 Å². The number of ether oxygens (including phenoxy) is 1. The third-order valence-corrected chi connectivity index (χ3v) is 3.66. The first-order valence-electron chi connectivity index (χ1n) is 7.04. The molecule has 0 heterocycles. The van der Waals surface area contributed by atoms with Crippen LogP contribution in [0.1, 0.15) is 18.1 Å². The molecule has 0 bridgehead atoms. The Labute approximate surface area is 135 Å². The lowest BCUT2D eigenvalue weighted by Gasteiger charge is -2.12. The number of primary amides is 1. The van der Waals surface area contributed by atoms with Crippen molar-refractivity contribution in [2.75, 3.05) is 0 Å². The average molecular weight is 319 g/mol. The number of rotatable bonds is 7. The van der Waals surface area contributed by atoms with Crippen molar-refractivity contribution in [3.63, 3.8) is 0 Å². The van der Waals surface area contributed by atoms with Gasteiger partial charge in [0.15, 0.2) is 0 Å². The summed E-state index contributed by atoms with van der Waals surface area (Å²) in [5.74, 6) is 0.386. The topological polar surface area (TPSA) is 64.3 Å². The van der Waals surface area contributed by atoms with Crippen molar-refractivity contribution >= 4 is 17.5 Å². The summed E-state index contributed by atoms with van der Waals surface area (Å²) < 4.78 is 5.76. The van der Waals surface area contributed by atoms with E-state index in [0.717, 1.165) is 16.9 Å². The lowest BCUT2D eigenvalue weighted by atomic mass is 10.2. The average Bonchev–Trinajstić information content (AvgIpc) is 2.52. The Bertz CT molecular complexity index is 646. The van der Waals surface area contributed by atoms with Gasteiger partial charge in [-0.2, -0.15) is 0 Å². The fourth-order valence-corrected chi connectivity index (χ4v) is 2.08. The molecule has 3 N–H and O–H groups in total. The number of nitrogens with one attached hydrogen (secondary N) is 1. The van der Waals surface area contributed by atoms with Gasteiger partial charge in [0.25, 0.3) is 0 Å². The summed E-state index contributed by atoms with van der Waals surface area (Å²) in [6.45, 7) is 2.70. The van der Waals surface area contributed by atoms with Gasteiger partial charge in [0.1, 0.15) is 12.4 Å². The monoisotopic (exact) mass is 318 g/mol. The van der Waals surface area contributed by atoms with Crippen LogP contribution in [0.5, 0.6) is 5.75 Å². The molecule has 0 saturated carbocycles. The van der Waals surface area contributed by atoms with E-state index in [1.54, 1.807) is 6.92 Å². The van der Waals surface area contributed by atoms with Gasteiger partial charge in [0.05, 0.1) is 6.04 Å². The number of carbonyl (C=O) groups excluding carboxylic acids is 1. The molecule has 0 aliphatic rings. The molecule has 2 rings (SSSR count). The van der Waals surface area contributed by atoms with Crippen LogP contribution in [-0.2, 0) is 17.9 Å². The van der Waals surface area contributed by atoms with E-state index in [4.69, 9.17) is 22.1 Å². The van der Waals surface area contributed by atoms with E-state index in [1.807, 2.05) is 48.5 Å². The number of hydrogen-bond donors (Lipinski definition) is 2. The molecule has 0 fully saturated rings. The smallest absolute Gasteiger partial charge is 0.234 e. The highest BCUT2D eigenvalue weighted by Crippen LogP contribution is 2.19. The summed E-state index contributed by atoms with van der Waals surface area (Å²) in [6, 6.07) is 14.9. The maximum atomic E-state index is 11.0. The van der Waals surface area contributed by atoms with Crippen molar-refractivity contribution < 1.29 is 9.53 Å². The minimum Gasteiger partial charge on any atom is -0.489 e. The number of benzene rings is 2. The summed E-state index contributed by atoms with van der Waals surface area (Å²) in [4.78, 5) is 11.0. The zero-order valence-electron chi connectivity index (χ0n) is 12.4. The summed E-state index contributed by atoms with van der Waals surface area (Å²) in [6.07, 6.45) is 0. The van der Waals surface area contributed by atoms with Gasteiger partial charge in [-0.25, -0.2) is 0 Å². The third kappa shape index (κ3) is 4.76. The summed E-state index contributed by atoms with van der Waals surface area (Å²) >= 11 is 6.10. The molecule has 0 spiro atoms. The van der Waals surface area contributed by atoms with Crippen LogP contribution in [0, 0.1) is 0 Å². The molecule has 5 heteroatoms. The Morgan fingerprint density at radius 1 is 1.27 bits per heavy atom. The first kappa shape index (κ1) is 16.3. The number of halogens is 1. The van der Waals surface area contributed by atoms with Gasteiger partial charge in [-0.3, -0.25) is 4.79 Å². The molecule has 0 aromatic heterocycles. The van der Waals surface area contributed by atoms with Crippen molar-refractivity contribution in [3.05, 3.63) is 64.7 Å². The van der Waals surface area contributed by atoms with Crippen LogP contribution in [0.15, 0.2) is 48.5 Å². The minimum atomic E-state index is -0.369. The molecule has 2 aromatic carbocycles. The highest BCUT2D eigenvalue weighted by molar-refractivity contribution is 6.31. The van der Waals surface area contributed by atoms with E-state index in [1.165, 1.54) is 0 Å². The molecule has 0 aliphatic heterocycles. The first-order chi connectivity index (χ1) is 10.6. The maximum absolute atomic E-state index is 11.0. The van der Waals surface area contributed by atoms with E-state index in [0.29, 0.717) is 18.2 Å². The third-order valence-electron chi connectivity index (χ3n) is 3.29. The fourth-order valence-electron chi connectivity index (χ4n) is 1.89. The zero-order valence-corrected chi connectivity index (χ0v) is 13.1. The van der Waals surface area contributed by atoms with Gasteiger partial charge >= 0.3 is 0 Å². The highest BCUT2D eigenvalue weighted by Gasteiger charge is 2.07. The molecule has 1 atom stereocenters. The molecule has 0 radical (unpaired) electrons. The number of carbonyl (C=O) groups is 1. The van der Waals surface area contributed by atoms with Crippen LogP contribution in [-0.4, -0.2) is 11.9 Å². The number of nitrogens with two attached hydrogens (primary N) is 1. The second kappa shape index (κ2) is 7.82. The Morgan fingerprint density at radius 3 is 2.77 bits per heavy atom.